The second-order valence-electron chi connectivity index (χ2n) is 6.55. The van der Waals surface area contributed by atoms with Crippen LogP contribution in [-0.2, 0) is 7.05 Å². The number of carbonyl (C=O) groups is 3. The Labute approximate surface area is 150 Å². The van der Waals surface area contributed by atoms with E-state index in [9.17, 15) is 18.8 Å². The van der Waals surface area contributed by atoms with Gasteiger partial charge in [0.05, 0.1) is 5.56 Å². The summed E-state index contributed by atoms with van der Waals surface area (Å²) in [5, 5.41) is 0. The Bertz CT molecular complexity index is 857. The fraction of sp³-hybridized carbons (Fsp3) is 0.316. The highest BCUT2D eigenvalue weighted by atomic mass is 19.1. The van der Waals surface area contributed by atoms with Gasteiger partial charge in [0.2, 0.25) is 5.91 Å². The molecular formula is C19H20FN3O3. The van der Waals surface area contributed by atoms with Crippen LogP contribution < -0.4 is 5.73 Å². The summed E-state index contributed by atoms with van der Waals surface area (Å²) >= 11 is 0. The summed E-state index contributed by atoms with van der Waals surface area (Å²) in [6, 6.07) is 6.92. The van der Waals surface area contributed by atoms with Gasteiger partial charge in [0.1, 0.15) is 11.5 Å². The molecule has 0 bridgehead atoms. The largest absolute Gasteiger partial charge is 0.366 e. The Morgan fingerprint density at radius 1 is 1.15 bits per heavy atom. The van der Waals surface area contributed by atoms with Crippen molar-refractivity contribution in [3.05, 3.63) is 59.2 Å². The molecule has 1 fully saturated rings. The van der Waals surface area contributed by atoms with E-state index in [1.807, 2.05) is 0 Å². The van der Waals surface area contributed by atoms with Crippen molar-refractivity contribution in [1.82, 2.24) is 9.47 Å². The van der Waals surface area contributed by atoms with Crippen LogP contribution in [0.1, 0.15) is 44.0 Å². The molecular weight excluding hydrogens is 337 g/mol. The summed E-state index contributed by atoms with van der Waals surface area (Å²) in [6.45, 7) is 0.843. The maximum Gasteiger partial charge on any atom is 0.270 e. The summed E-state index contributed by atoms with van der Waals surface area (Å²) in [5.74, 6) is -1.64. The molecule has 0 radical (unpaired) electrons. The predicted octanol–water partition coefficient (Wildman–Crippen LogP) is 2.00. The minimum absolute atomic E-state index is 0.0905. The second kappa shape index (κ2) is 7.11. The number of nitrogens with zero attached hydrogens (tertiary/aromatic N) is 2. The van der Waals surface area contributed by atoms with E-state index in [-0.39, 0.29) is 23.2 Å². The smallest absolute Gasteiger partial charge is 0.270 e. The normalized spacial score (nSPS) is 17.2. The first-order chi connectivity index (χ1) is 12.4. The molecule has 1 saturated heterocycles. The van der Waals surface area contributed by atoms with Crippen LogP contribution in [0.15, 0.2) is 36.5 Å². The third-order valence-electron chi connectivity index (χ3n) is 4.72. The molecule has 2 aromatic rings. The molecule has 3 rings (SSSR count). The van der Waals surface area contributed by atoms with E-state index in [1.165, 1.54) is 36.5 Å². The van der Waals surface area contributed by atoms with Gasteiger partial charge < -0.3 is 15.2 Å². The van der Waals surface area contributed by atoms with E-state index in [0.717, 1.165) is 0 Å². The van der Waals surface area contributed by atoms with Crippen LogP contribution in [0.4, 0.5) is 4.39 Å². The number of benzene rings is 1. The van der Waals surface area contributed by atoms with E-state index in [1.54, 1.807) is 16.5 Å². The Balaban J connectivity index is 1.75. The lowest BCUT2D eigenvalue weighted by Gasteiger charge is -2.32. The van der Waals surface area contributed by atoms with Gasteiger partial charge in [-0.15, -0.1) is 0 Å². The number of rotatable bonds is 4. The minimum atomic E-state index is -0.595. The number of likely N-dealkylation sites (tertiary alicyclic amines) is 1. The van der Waals surface area contributed by atoms with Crippen molar-refractivity contribution < 1.29 is 18.8 Å². The second-order valence-corrected chi connectivity index (χ2v) is 6.55. The number of carbonyl (C=O) groups excluding carboxylic acids is 3. The first kappa shape index (κ1) is 17.8. The zero-order valence-corrected chi connectivity index (χ0v) is 14.4. The Kier molecular flexibility index (Phi) is 4.88. The minimum Gasteiger partial charge on any atom is -0.366 e. The van der Waals surface area contributed by atoms with Gasteiger partial charge in [-0.2, -0.15) is 0 Å². The van der Waals surface area contributed by atoms with E-state index in [0.29, 0.717) is 37.2 Å². The molecule has 1 aliphatic heterocycles. The zero-order valence-electron chi connectivity index (χ0n) is 14.4. The molecule has 2 N–H and O–H groups in total. The Morgan fingerprint density at radius 2 is 1.85 bits per heavy atom. The van der Waals surface area contributed by atoms with E-state index < -0.39 is 11.7 Å². The van der Waals surface area contributed by atoms with Gasteiger partial charge in [0.25, 0.3) is 5.91 Å². The number of ketones is 1. The number of amides is 2. The van der Waals surface area contributed by atoms with Crippen molar-refractivity contribution in [2.75, 3.05) is 13.1 Å². The average Bonchev–Trinajstić information content (AvgIpc) is 3.03. The van der Waals surface area contributed by atoms with Crippen LogP contribution >= 0.6 is 0 Å². The molecule has 136 valence electrons. The number of hydrogen-bond donors (Lipinski definition) is 1. The van der Waals surface area contributed by atoms with Gasteiger partial charge >= 0.3 is 0 Å². The maximum atomic E-state index is 13.0. The summed E-state index contributed by atoms with van der Waals surface area (Å²) in [4.78, 5) is 38.4. The molecule has 1 aromatic carbocycles. The predicted molar refractivity (Wildman–Crippen MR) is 93.3 cm³/mol. The lowest BCUT2D eigenvalue weighted by atomic mass is 9.90. The van der Waals surface area contributed by atoms with E-state index >= 15 is 0 Å². The molecule has 2 amide bonds. The topological polar surface area (TPSA) is 85.4 Å². The highest BCUT2D eigenvalue weighted by Crippen LogP contribution is 2.23. The molecule has 1 aromatic heterocycles. The Hall–Kier alpha value is -2.96. The lowest BCUT2D eigenvalue weighted by molar-refractivity contribution is 0.0629. The third-order valence-corrected chi connectivity index (χ3v) is 4.72. The van der Waals surface area contributed by atoms with E-state index in [4.69, 9.17) is 5.73 Å². The highest BCUT2D eigenvalue weighted by Gasteiger charge is 2.30. The van der Waals surface area contributed by atoms with Crippen molar-refractivity contribution >= 4 is 17.6 Å². The number of Topliss-reactive ketones (excluding diaryl/α,β-unsaturated/α-hetero) is 1. The molecule has 6 nitrogen and oxygen atoms in total. The van der Waals surface area contributed by atoms with Crippen LogP contribution in [0, 0.1) is 11.7 Å². The number of nitrogens with two attached hydrogens (primary N) is 1. The summed E-state index contributed by atoms with van der Waals surface area (Å²) < 4.78 is 14.6. The number of aromatic nitrogens is 1. The van der Waals surface area contributed by atoms with Crippen molar-refractivity contribution in [2.24, 2.45) is 18.7 Å². The van der Waals surface area contributed by atoms with Crippen LogP contribution in [0.5, 0.6) is 0 Å². The molecule has 1 atom stereocenters. The van der Waals surface area contributed by atoms with Gasteiger partial charge in [-0.3, -0.25) is 14.4 Å². The van der Waals surface area contributed by atoms with Crippen molar-refractivity contribution in [3.63, 3.8) is 0 Å². The molecule has 0 aliphatic carbocycles. The van der Waals surface area contributed by atoms with Crippen molar-refractivity contribution in [1.29, 1.82) is 0 Å². The number of aryl methyl sites for hydroxylation is 1. The first-order valence-corrected chi connectivity index (χ1v) is 8.42. The van der Waals surface area contributed by atoms with Crippen LogP contribution in [0.3, 0.4) is 0 Å². The monoisotopic (exact) mass is 357 g/mol. The first-order valence-electron chi connectivity index (χ1n) is 8.42. The number of piperidine rings is 1. The van der Waals surface area contributed by atoms with Crippen LogP contribution in [0.25, 0.3) is 0 Å². The molecule has 2 heterocycles. The van der Waals surface area contributed by atoms with Gasteiger partial charge in [-0.25, -0.2) is 4.39 Å². The standard InChI is InChI=1S/C19H20FN3O3/c1-22-10-14(18(21)25)9-16(22)19(26)23-8-2-3-13(11-23)17(24)12-4-6-15(20)7-5-12/h4-7,9-10,13H,2-3,8,11H2,1H3,(H2,21,25). The third kappa shape index (κ3) is 3.51. The molecule has 1 unspecified atom stereocenters. The van der Waals surface area contributed by atoms with Gasteiger partial charge in [-0.1, -0.05) is 0 Å². The summed E-state index contributed by atoms with van der Waals surface area (Å²) in [6.07, 6.45) is 2.90. The Morgan fingerprint density at radius 3 is 2.46 bits per heavy atom. The molecule has 26 heavy (non-hydrogen) atoms. The lowest BCUT2D eigenvalue weighted by Crippen LogP contribution is -2.42. The highest BCUT2D eigenvalue weighted by molar-refractivity contribution is 6.00. The average molecular weight is 357 g/mol. The molecule has 0 saturated carbocycles. The van der Waals surface area contributed by atoms with E-state index in [2.05, 4.69) is 0 Å². The van der Waals surface area contributed by atoms with Gasteiger partial charge in [0, 0.05) is 37.8 Å². The quantitative estimate of drug-likeness (QED) is 0.849. The zero-order chi connectivity index (χ0) is 18.8. The van der Waals surface area contributed by atoms with Gasteiger partial charge in [0.15, 0.2) is 5.78 Å². The summed E-state index contributed by atoms with van der Waals surface area (Å²) in [5.41, 5.74) is 6.33. The van der Waals surface area contributed by atoms with Crippen LogP contribution in [-0.4, -0.2) is 40.2 Å². The van der Waals surface area contributed by atoms with Crippen molar-refractivity contribution in [2.45, 2.75) is 12.8 Å². The summed E-state index contributed by atoms with van der Waals surface area (Å²) in [7, 11) is 1.67. The fourth-order valence-electron chi connectivity index (χ4n) is 3.30. The van der Waals surface area contributed by atoms with Crippen molar-refractivity contribution in [3.8, 4) is 0 Å². The van der Waals surface area contributed by atoms with Crippen LogP contribution in [0.2, 0.25) is 0 Å². The number of hydrogen-bond acceptors (Lipinski definition) is 3. The maximum absolute atomic E-state index is 13.0. The number of primary amides is 1. The molecule has 7 heteroatoms. The molecule has 0 spiro atoms. The molecule has 1 aliphatic rings. The fourth-order valence-corrected chi connectivity index (χ4v) is 3.30. The SMILES string of the molecule is Cn1cc(C(N)=O)cc1C(=O)N1CCCC(C(=O)c2ccc(F)cc2)C1. The van der Waals surface area contributed by atoms with Gasteiger partial charge in [-0.05, 0) is 43.2 Å². The number of halogens is 1.